The van der Waals surface area contributed by atoms with Gasteiger partial charge in [-0.1, -0.05) is 0 Å². The highest BCUT2D eigenvalue weighted by atomic mass is 16.6. The number of nitrogens with zero attached hydrogens (tertiary/aromatic N) is 2. The van der Waals surface area contributed by atoms with Crippen molar-refractivity contribution < 1.29 is 19.6 Å². The zero-order valence-electron chi connectivity index (χ0n) is 8.48. The minimum atomic E-state index is -1.82. The monoisotopic (exact) mass is 236 g/mol. The number of aliphatic hydroxyl groups is 2. The minimum Gasteiger partial charge on any atom is -0.444 e. The second-order valence-corrected chi connectivity index (χ2v) is 3.27. The molecule has 0 fully saturated rings. The zero-order chi connectivity index (χ0) is 12.4. The third-order valence-corrected chi connectivity index (χ3v) is 2.22. The Morgan fingerprint density at radius 1 is 1.41 bits per heavy atom. The van der Waals surface area contributed by atoms with Crippen molar-refractivity contribution in [3.05, 3.63) is 46.5 Å². The smallest absolute Gasteiger partial charge is 0.269 e. The van der Waals surface area contributed by atoms with Gasteiger partial charge >= 0.3 is 0 Å². The van der Waals surface area contributed by atoms with E-state index < -0.39 is 11.2 Å². The van der Waals surface area contributed by atoms with Crippen molar-refractivity contribution in [1.82, 2.24) is 4.98 Å². The molecule has 1 aromatic heterocycles. The standard InChI is InChI=1S/C10H8N2O5/c13-10(14)8-3-6(12(15)16)1-2-7(8)9-4-11-5-17-9/h1-5,10,13-14H. The molecule has 2 rings (SSSR count). The van der Waals surface area contributed by atoms with E-state index >= 15 is 0 Å². The summed E-state index contributed by atoms with van der Waals surface area (Å²) in [6, 6.07) is 3.72. The van der Waals surface area contributed by atoms with Gasteiger partial charge in [0, 0.05) is 23.3 Å². The van der Waals surface area contributed by atoms with Crippen LogP contribution in [0.25, 0.3) is 11.3 Å². The van der Waals surface area contributed by atoms with Gasteiger partial charge in [-0.15, -0.1) is 0 Å². The normalized spacial score (nSPS) is 10.8. The maximum Gasteiger partial charge on any atom is 0.269 e. The lowest BCUT2D eigenvalue weighted by Crippen LogP contribution is -1.99. The lowest BCUT2D eigenvalue weighted by molar-refractivity contribution is -0.385. The first-order valence-electron chi connectivity index (χ1n) is 4.63. The SMILES string of the molecule is O=[N+]([O-])c1ccc(-c2cnco2)c(C(O)O)c1. The van der Waals surface area contributed by atoms with Crippen LogP contribution in [0.1, 0.15) is 11.9 Å². The fourth-order valence-electron chi connectivity index (χ4n) is 1.45. The van der Waals surface area contributed by atoms with E-state index in [1.54, 1.807) is 0 Å². The van der Waals surface area contributed by atoms with Crippen LogP contribution in [0.5, 0.6) is 0 Å². The predicted octanol–water partition coefficient (Wildman–Crippen LogP) is 1.23. The van der Waals surface area contributed by atoms with Gasteiger partial charge in [-0.25, -0.2) is 4.98 Å². The van der Waals surface area contributed by atoms with Crippen LogP contribution in [-0.4, -0.2) is 20.1 Å². The van der Waals surface area contributed by atoms with Crippen LogP contribution in [-0.2, 0) is 0 Å². The molecular formula is C10H8N2O5. The van der Waals surface area contributed by atoms with Gasteiger partial charge in [0.25, 0.3) is 5.69 Å². The molecular weight excluding hydrogens is 228 g/mol. The Bertz CT molecular complexity index is 536. The number of hydrogen-bond acceptors (Lipinski definition) is 6. The van der Waals surface area contributed by atoms with Gasteiger partial charge in [0.05, 0.1) is 11.1 Å². The molecule has 0 aliphatic rings. The number of aliphatic hydroxyl groups excluding tert-OH is 1. The molecule has 0 spiro atoms. The van der Waals surface area contributed by atoms with E-state index in [-0.39, 0.29) is 11.3 Å². The first kappa shape index (κ1) is 11.2. The molecule has 0 amide bonds. The minimum absolute atomic E-state index is 0.00375. The number of aromatic nitrogens is 1. The summed E-state index contributed by atoms with van der Waals surface area (Å²) in [5, 5.41) is 28.9. The molecule has 0 aliphatic heterocycles. The Balaban J connectivity index is 2.57. The van der Waals surface area contributed by atoms with E-state index in [1.165, 1.54) is 24.7 Å². The van der Waals surface area contributed by atoms with Crippen molar-refractivity contribution in [3.63, 3.8) is 0 Å². The molecule has 1 aromatic carbocycles. The van der Waals surface area contributed by atoms with E-state index in [0.717, 1.165) is 6.07 Å². The first-order valence-corrected chi connectivity index (χ1v) is 4.63. The lowest BCUT2D eigenvalue weighted by Gasteiger charge is -2.08. The molecule has 0 saturated heterocycles. The van der Waals surface area contributed by atoms with Crippen molar-refractivity contribution >= 4 is 5.69 Å². The number of rotatable bonds is 3. The van der Waals surface area contributed by atoms with Crippen LogP contribution in [0.3, 0.4) is 0 Å². The van der Waals surface area contributed by atoms with Gasteiger partial charge in [0.1, 0.15) is 0 Å². The van der Waals surface area contributed by atoms with Crippen LogP contribution < -0.4 is 0 Å². The number of non-ortho nitro benzene ring substituents is 1. The van der Waals surface area contributed by atoms with Crippen molar-refractivity contribution in [2.45, 2.75) is 6.29 Å². The molecule has 0 aliphatic carbocycles. The van der Waals surface area contributed by atoms with E-state index in [4.69, 9.17) is 4.42 Å². The first-order chi connectivity index (χ1) is 8.09. The molecule has 7 heteroatoms. The molecule has 2 aromatic rings. The maximum atomic E-state index is 10.6. The topological polar surface area (TPSA) is 110 Å². The summed E-state index contributed by atoms with van der Waals surface area (Å²) >= 11 is 0. The van der Waals surface area contributed by atoms with E-state index in [0.29, 0.717) is 11.3 Å². The van der Waals surface area contributed by atoms with Crippen LogP contribution >= 0.6 is 0 Å². The number of nitro groups is 1. The predicted molar refractivity (Wildman–Crippen MR) is 55.8 cm³/mol. The van der Waals surface area contributed by atoms with Crippen LogP contribution in [0, 0.1) is 10.1 Å². The highest BCUT2D eigenvalue weighted by Crippen LogP contribution is 2.30. The number of oxazole rings is 1. The Kier molecular flexibility index (Phi) is 2.86. The summed E-state index contributed by atoms with van der Waals surface area (Å²) in [7, 11) is 0. The number of nitro benzene ring substituents is 1. The highest BCUT2D eigenvalue weighted by Gasteiger charge is 2.18. The summed E-state index contributed by atoms with van der Waals surface area (Å²) < 4.78 is 5.01. The number of benzene rings is 1. The van der Waals surface area contributed by atoms with E-state index in [2.05, 4.69) is 4.98 Å². The van der Waals surface area contributed by atoms with Crippen LogP contribution in [0.2, 0.25) is 0 Å². The summed E-state index contributed by atoms with van der Waals surface area (Å²) in [6.45, 7) is 0. The molecule has 2 N–H and O–H groups in total. The van der Waals surface area contributed by atoms with Crippen LogP contribution in [0.15, 0.2) is 35.2 Å². The quantitative estimate of drug-likeness (QED) is 0.471. The fourth-order valence-corrected chi connectivity index (χ4v) is 1.45. The van der Waals surface area contributed by atoms with Gasteiger partial charge in [0.2, 0.25) is 0 Å². The summed E-state index contributed by atoms with van der Waals surface area (Å²) in [6.07, 6.45) is 0.743. The molecule has 17 heavy (non-hydrogen) atoms. The Hall–Kier alpha value is -2.25. The molecule has 1 heterocycles. The number of hydrogen-bond donors (Lipinski definition) is 2. The molecule has 88 valence electrons. The average Bonchev–Trinajstić information content (AvgIpc) is 2.81. The van der Waals surface area contributed by atoms with E-state index in [1.807, 2.05) is 0 Å². The highest BCUT2D eigenvalue weighted by molar-refractivity contribution is 5.64. The second kappa shape index (κ2) is 4.32. The van der Waals surface area contributed by atoms with Crippen molar-refractivity contribution in [2.75, 3.05) is 0 Å². The summed E-state index contributed by atoms with van der Waals surface area (Å²) in [5.41, 5.74) is 0.121. The average molecular weight is 236 g/mol. The molecule has 0 saturated carbocycles. The Morgan fingerprint density at radius 3 is 2.71 bits per heavy atom. The third-order valence-electron chi connectivity index (χ3n) is 2.22. The molecule has 0 radical (unpaired) electrons. The maximum absolute atomic E-state index is 10.6. The van der Waals surface area contributed by atoms with Crippen molar-refractivity contribution in [3.8, 4) is 11.3 Å². The van der Waals surface area contributed by atoms with Crippen molar-refractivity contribution in [2.24, 2.45) is 0 Å². The van der Waals surface area contributed by atoms with Gasteiger partial charge in [0.15, 0.2) is 18.4 Å². The summed E-state index contributed by atoms with van der Waals surface area (Å²) in [4.78, 5) is 13.7. The van der Waals surface area contributed by atoms with Gasteiger partial charge in [-0.2, -0.15) is 0 Å². The van der Waals surface area contributed by atoms with Crippen molar-refractivity contribution in [1.29, 1.82) is 0 Å². The Labute approximate surface area is 95.1 Å². The molecule has 0 atom stereocenters. The third kappa shape index (κ3) is 2.14. The second-order valence-electron chi connectivity index (χ2n) is 3.27. The van der Waals surface area contributed by atoms with E-state index in [9.17, 15) is 20.3 Å². The molecule has 7 nitrogen and oxygen atoms in total. The Morgan fingerprint density at radius 2 is 2.18 bits per heavy atom. The fraction of sp³-hybridized carbons (Fsp3) is 0.100. The largest absolute Gasteiger partial charge is 0.444 e. The zero-order valence-corrected chi connectivity index (χ0v) is 8.48. The summed E-state index contributed by atoms with van der Waals surface area (Å²) in [5.74, 6) is 0.308. The van der Waals surface area contributed by atoms with Gasteiger partial charge in [-0.3, -0.25) is 10.1 Å². The molecule has 0 bridgehead atoms. The van der Waals surface area contributed by atoms with Gasteiger partial charge in [-0.05, 0) is 6.07 Å². The molecule has 0 unspecified atom stereocenters. The van der Waals surface area contributed by atoms with Crippen LogP contribution in [0.4, 0.5) is 5.69 Å². The van der Waals surface area contributed by atoms with Gasteiger partial charge < -0.3 is 14.6 Å². The lowest BCUT2D eigenvalue weighted by atomic mass is 10.0.